The zero-order valence-electron chi connectivity index (χ0n) is 16.2. The number of hydrogen-bond donors (Lipinski definition) is 1. The molecule has 1 aromatic heterocycles. The Balaban J connectivity index is 1.48. The summed E-state index contributed by atoms with van der Waals surface area (Å²) in [7, 11) is 0. The monoisotopic (exact) mass is 402 g/mol. The van der Waals surface area contributed by atoms with Crippen molar-refractivity contribution < 1.29 is 9.59 Å². The zero-order chi connectivity index (χ0) is 20.2. The zero-order valence-corrected chi connectivity index (χ0v) is 17.0. The first kappa shape index (κ1) is 19.2. The first-order chi connectivity index (χ1) is 14.1. The van der Waals surface area contributed by atoms with Crippen LogP contribution >= 0.6 is 11.3 Å². The third-order valence-corrected chi connectivity index (χ3v) is 6.17. The van der Waals surface area contributed by atoms with Crippen LogP contribution in [0, 0.1) is 6.92 Å². The van der Waals surface area contributed by atoms with Crippen LogP contribution in [0.1, 0.15) is 31.9 Å². The third-order valence-electron chi connectivity index (χ3n) is 5.14. The highest BCUT2D eigenvalue weighted by atomic mass is 32.1. The van der Waals surface area contributed by atoms with Gasteiger partial charge in [-0.1, -0.05) is 36.4 Å². The number of carbonyl (C=O) groups excluding carboxylic acids is 2. The van der Waals surface area contributed by atoms with E-state index >= 15 is 0 Å². The molecule has 29 heavy (non-hydrogen) atoms. The standard InChI is InChI=1S/C24H22N2O2S/c1-17-20(24(28)26-14-12-22-19(16-26)13-15-29-22)8-5-9-21(17)25-23(27)11-10-18-6-3-2-4-7-18/h2-11,13,15H,12,14,16H2,1H3,(H,25,27)/b11-10+. The molecule has 0 spiro atoms. The van der Waals surface area contributed by atoms with Crippen molar-refractivity contribution in [3.05, 3.63) is 93.2 Å². The van der Waals surface area contributed by atoms with E-state index in [0.29, 0.717) is 17.8 Å². The van der Waals surface area contributed by atoms with E-state index < -0.39 is 0 Å². The number of nitrogens with one attached hydrogen (secondary N) is 1. The van der Waals surface area contributed by atoms with Gasteiger partial charge in [-0.05, 0) is 59.7 Å². The Bertz CT molecular complexity index is 1070. The van der Waals surface area contributed by atoms with E-state index in [-0.39, 0.29) is 11.8 Å². The molecule has 1 N–H and O–H groups in total. The van der Waals surface area contributed by atoms with Crippen LogP contribution in [0.25, 0.3) is 6.08 Å². The van der Waals surface area contributed by atoms with Gasteiger partial charge in [0.25, 0.3) is 5.91 Å². The highest BCUT2D eigenvalue weighted by Crippen LogP contribution is 2.27. The summed E-state index contributed by atoms with van der Waals surface area (Å²) in [5, 5.41) is 4.98. The van der Waals surface area contributed by atoms with Crippen molar-refractivity contribution in [3.8, 4) is 0 Å². The first-order valence-corrected chi connectivity index (χ1v) is 10.5. The highest BCUT2D eigenvalue weighted by molar-refractivity contribution is 7.10. The number of anilines is 1. The Morgan fingerprint density at radius 2 is 1.90 bits per heavy atom. The minimum absolute atomic E-state index is 0.00952. The molecule has 0 saturated carbocycles. The molecule has 0 atom stereocenters. The molecule has 3 aromatic rings. The van der Waals surface area contributed by atoms with Gasteiger partial charge < -0.3 is 10.2 Å². The number of benzene rings is 2. The van der Waals surface area contributed by atoms with Crippen molar-refractivity contribution in [1.29, 1.82) is 0 Å². The molecule has 2 amide bonds. The number of rotatable bonds is 4. The number of nitrogens with zero attached hydrogens (tertiary/aromatic N) is 1. The Hall–Kier alpha value is -3.18. The number of thiophene rings is 1. The van der Waals surface area contributed by atoms with Gasteiger partial charge in [-0.15, -0.1) is 11.3 Å². The lowest BCUT2D eigenvalue weighted by Crippen LogP contribution is -2.35. The summed E-state index contributed by atoms with van der Waals surface area (Å²) in [6.45, 7) is 3.25. The van der Waals surface area contributed by atoms with Gasteiger partial charge in [0.1, 0.15) is 0 Å². The van der Waals surface area contributed by atoms with Crippen molar-refractivity contribution >= 4 is 34.9 Å². The molecule has 0 radical (unpaired) electrons. The topological polar surface area (TPSA) is 49.4 Å². The van der Waals surface area contributed by atoms with E-state index in [2.05, 4.69) is 16.8 Å². The molecule has 1 aliphatic rings. The van der Waals surface area contributed by atoms with E-state index in [1.807, 2.05) is 60.4 Å². The van der Waals surface area contributed by atoms with E-state index in [9.17, 15) is 9.59 Å². The molecule has 0 unspecified atom stereocenters. The second-order valence-corrected chi connectivity index (χ2v) is 8.06. The fraction of sp³-hybridized carbons (Fsp3) is 0.167. The normalized spacial score (nSPS) is 13.3. The summed E-state index contributed by atoms with van der Waals surface area (Å²) in [5.41, 5.74) is 4.28. The predicted octanol–water partition coefficient (Wildman–Crippen LogP) is 4.91. The summed E-state index contributed by atoms with van der Waals surface area (Å²) in [4.78, 5) is 28.7. The van der Waals surface area contributed by atoms with Crippen LogP contribution in [0.4, 0.5) is 5.69 Å². The van der Waals surface area contributed by atoms with Gasteiger partial charge in [0.05, 0.1) is 0 Å². The number of amides is 2. The summed E-state index contributed by atoms with van der Waals surface area (Å²) in [6, 6.07) is 17.2. The maximum absolute atomic E-state index is 13.1. The lowest BCUT2D eigenvalue weighted by molar-refractivity contribution is -0.111. The van der Waals surface area contributed by atoms with Crippen molar-refractivity contribution in [2.24, 2.45) is 0 Å². The average Bonchev–Trinajstić information content (AvgIpc) is 3.22. The molecule has 2 heterocycles. The van der Waals surface area contributed by atoms with Crippen LogP contribution in [-0.4, -0.2) is 23.3 Å². The lowest BCUT2D eigenvalue weighted by Gasteiger charge is -2.28. The van der Waals surface area contributed by atoms with Gasteiger partial charge in [0, 0.05) is 35.3 Å². The summed E-state index contributed by atoms with van der Waals surface area (Å²) in [6.07, 6.45) is 4.18. The third kappa shape index (κ3) is 4.30. The molecule has 4 nitrogen and oxygen atoms in total. The highest BCUT2D eigenvalue weighted by Gasteiger charge is 2.24. The molecule has 4 rings (SSSR count). The molecule has 0 saturated heterocycles. The molecule has 1 aliphatic heterocycles. The minimum atomic E-state index is -0.220. The summed E-state index contributed by atoms with van der Waals surface area (Å²) >= 11 is 1.76. The fourth-order valence-electron chi connectivity index (χ4n) is 3.51. The maximum atomic E-state index is 13.1. The SMILES string of the molecule is Cc1c(NC(=O)/C=C/c2ccccc2)cccc1C(=O)N1CCc2sccc2C1. The van der Waals surface area contributed by atoms with Crippen LogP contribution in [0.3, 0.4) is 0 Å². The van der Waals surface area contributed by atoms with Crippen LogP contribution in [0.2, 0.25) is 0 Å². The van der Waals surface area contributed by atoms with Crippen molar-refractivity contribution in [2.45, 2.75) is 19.9 Å². The maximum Gasteiger partial charge on any atom is 0.254 e. The first-order valence-electron chi connectivity index (χ1n) is 9.60. The molecular formula is C24H22N2O2S. The van der Waals surface area contributed by atoms with Gasteiger partial charge in [-0.25, -0.2) is 0 Å². The van der Waals surface area contributed by atoms with E-state index in [1.165, 1.54) is 16.5 Å². The van der Waals surface area contributed by atoms with E-state index in [0.717, 1.165) is 24.1 Å². The molecular weight excluding hydrogens is 380 g/mol. The quantitative estimate of drug-likeness (QED) is 0.631. The Labute approximate surface area is 174 Å². The number of carbonyl (C=O) groups is 2. The van der Waals surface area contributed by atoms with Crippen LogP contribution in [0.5, 0.6) is 0 Å². The minimum Gasteiger partial charge on any atom is -0.334 e. The van der Waals surface area contributed by atoms with E-state index in [1.54, 1.807) is 17.4 Å². The second-order valence-electron chi connectivity index (χ2n) is 7.06. The van der Waals surface area contributed by atoms with Crippen molar-refractivity contribution in [1.82, 2.24) is 4.90 Å². The average molecular weight is 403 g/mol. The fourth-order valence-corrected chi connectivity index (χ4v) is 4.40. The van der Waals surface area contributed by atoms with Crippen LogP contribution in [-0.2, 0) is 17.8 Å². The van der Waals surface area contributed by atoms with Crippen LogP contribution < -0.4 is 5.32 Å². The van der Waals surface area contributed by atoms with Gasteiger partial charge in [-0.2, -0.15) is 0 Å². The predicted molar refractivity (Wildman–Crippen MR) is 118 cm³/mol. The molecule has 0 aliphatic carbocycles. The van der Waals surface area contributed by atoms with Crippen molar-refractivity contribution in [3.63, 3.8) is 0 Å². The summed E-state index contributed by atoms with van der Waals surface area (Å²) < 4.78 is 0. The molecule has 0 fully saturated rings. The van der Waals surface area contributed by atoms with Gasteiger partial charge in [-0.3, -0.25) is 9.59 Å². The molecule has 0 bridgehead atoms. The molecule has 5 heteroatoms. The largest absolute Gasteiger partial charge is 0.334 e. The Kier molecular flexibility index (Phi) is 5.58. The molecule has 146 valence electrons. The number of fused-ring (bicyclic) bond motifs is 1. The Morgan fingerprint density at radius 1 is 1.07 bits per heavy atom. The smallest absolute Gasteiger partial charge is 0.254 e. The second kappa shape index (κ2) is 8.45. The lowest BCUT2D eigenvalue weighted by atomic mass is 10.0. The summed E-state index contributed by atoms with van der Waals surface area (Å²) in [5.74, 6) is -0.210. The van der Waals surface area contributed by atoms with Gasteiger partial charge in [0.15, 0.2) is 0 Å². The van der Waals surface area contributed by atoms with Crippen LogP contribution in [0.15, 0.2) is 66.1 Å². The van der Waals surface area contributed by atoms with E-state index in [4.69, 9.17) is 0 Å². The van der Waals surface area contributed by atoms with Gasteiger partial charge >= 0.3 is 0 Å². The van der Waals surface area contributed by atoms with Crippen molar-refractivity contribution in [2.75, 3.05) is 11.9 Å². The van der Waals surface area contributed by atoms with Gasteiger partial charge in [0.2, 0.25) is 5.91 Å². The number of hydrogen-bond acceptors (Lipinski definition) is 3. The Morgan fingerprint density at radius 3 is 2.72 bits per heavy atom. The molecule has 2 aromatic carbocycles.